The average molecular weight is 387 g/mol. The predicted octanol–water partition coefficient (Wildman–Crippen LogP) is 2.83. The van der Waals surface area contributed by atoms with Gasteiger partial charge in [-0.1, -0.05) is 39.0 Å². The molecule has 1 saturated heterocycles. The number of carbonyl (C=O) groups is 3. The number of aromatic nitrogens is 2. The third-order valence-corrected chi connectivity index (χ3v) is 6.66. The molecule has 8 heteroatoms. The van der Waals surface area contributed by atoms with E-state index in [4.69, 9.17) is 0 Å². The van der Waals surface area contributed by atoms with Gasteiger partial charge in [-0.3, -0.25) is 14.5 Å². The molecular formula is C20H29N5O3. The van der Waals surface area contributed by atoms with Gasteiger partial charge in [-0.15, -0.1) is 0 Å². The Morgan fingerprint density at radius 3 is 2.71 bits per heavy atom. The highest BCUT2D eigenvalue weighted by Crippen LogP contribution is 2.38. The summed E-state index contributed by atoms with van der Waals surface area (Å²) in [6, 6.07) is 1.60. The van der Waals surface area contributed by atoms with Crippen molar-refractivity contribution in [3.05, 3.63) is 12.3 Å². The molecule has 152 valence electrons. The lowest BCUT2D eigenvalue weighted by Gasteiger charge is -2.36. The Morgan fingerprint density at radius 1 is 1.21 bits per heavy atom. The monoisotopic (exact) mass is 387 g/mol. The molecule has 1 aromatic heterocycles. The van der Waals surface area contributed by atoms with E-state index in [0.717, 1.165) is 37.0 Å². The molecule has 28 heavy (non-hydrogen) atoms. The van der Waals surface area contributed by atoms with Gasteiger partial charge in [-0.25, -0.2) is 9.48 Å². The maximum atomic E-state index is 13.0. The van der Waals surface area contributed by atoms with Crippen molar-refractivity contribution in [3.63, 3.8) is 0 Å². The lowest BCUT2D eigenvalue weighted by Crippen LogP contribution is -2.54. The molecule has 2 heterocycles. The Bertz CT molecular complexity index is 770. The molecule has 1 aromatic rings. The van der Waals surface area contributed by atoms with Crippen LogP contribution in [0, 0.1) is 5.92 Å². The minimum atomic E-state index is -0.834. The minimum absolute atomic E-state index is 0.0819. The van der Waals surface area contributed by atoms with Gasteiger partial charge in [0.05, 0.1) is 12.2 Å². The van der Waals surface area contributed by atoms with Gasteiger partial charge in [0.1, 0.15) is 17.9 Å². The van der Waals surface area contributed by atoms with Crippen LogP contribution in [0.2, 0.25) is 0 Å². The summed E-state index contributed by atoms with van der Waals surface area (Å²) in [5.74, 6) is 0.0745. The highest BCUT2D eigenvalue weighted by Gasteiger charge is 2.55. The molecule has 1 aliphatic heterocycles. The van der Waals surface area contributed by atoms with Crippen LogP contribution in [-0.4, -0.2) is 44.6 Å². The first kappa shape index (κ1) is 19.0. The topological polar surface area (TPSA) is 96.3 Å². The largest absolute Gasteiger partial charge is 0.325 e. The van der Waals surface area contributed by atoms with Gasteiger partial charge in [0.25, 0.3) is 5.91 Å². The van der Waals surface area contributed by atoms with Crippen LogP contribution in [0.25, 0.3) is 0 Å². The normalized spacial score (nSPS) is 28.6. The molecule has 3 fully saturated rings. The number of anilines is 1. The molecule has 2 aliphatic carbocycles. The van der Waals surface area contributed by atoms with Crippen molar-refractivity contribution in [2.45, 2.75) is 76.3 Å². The van der Waals surface area contributed by atoms with Gasteiger partial charge in [0.2, 0.25) is 5.91 Å². The van der Waals surface area contributed by atoms with Gasteiger partial charge in [0.15, 0.2) is 0 Å². The molecule has 0 aromatic carbocycles. The number of hydrogen-bond donors (Lipinski definition) is 2. The van der Waals surface area contributed by atoms with Crippen LogP contribution in [0.5, 0.6) is 0 Å². The highest BCUT2D eigenvalue weighted by molar-refractivity contribution is 6.10. The number of hydrogen-bond acceptors (Lipinski definition) is 4. The lowest BCUT2D eigenvalue weighted by molar-refractivity contribution is -0.136. The second-order valence-electron chi connectivity index (χ2n) is 8.44. The van der Waals surface area contributed by atoms with E-state index in [9.17, 15) is 14.4 Å². The number of nitrogens with one attached hydrogen (secondary N) is 2. The summed E-state index contributed by atoms with van der Waals surface area (Å²) >= 11 is 0. The minimum Gasteiger partial charge on any atom is -0.323 e. The maximum Gasteiger partial charge on any atom is 0.325 e. The van der Waals surface area contributed by atoms with E-state index >= 15 is 0 Å². The first-order valence-corrected chi connectivity index (χ1v) is 10.5. The summed E-state index contributed by atoms with van der Waals surface area (Å²) in [7, 11) is 0. The molecular weight excluding hydrogens is 358 g/mol. The van der Waals surface area contributed by atoms with Crippen LogP contribution in [0.4, 0.5) is 10.6 Å². The van der Waals surface area contributed by atoms with Gasteiger partial charge < -0.3 is 10.6 Å². The Balaban J connectivity index is 1.42. The van der Waals surface area contributed by atoms with E-state index < -0.39 is 11.6 Å². The van der Waals surface area contributed by atoms with Crippen molar-refractivity contribution in [1.29, 1.82) is 0 Å². The van der Waals surface area contributed by atoms with Crippen LogP contribution in [0.1, 0.15) is 70.8 Å². The van der Waals surface area contributed by atoms with E-state index in [1.807, 2.05) is 11.6 Å². The summed E-state index contributed by atoms with van der Waals surface area (Å²) < 4.78 is 1.87. The fourth-order valence-corrected chi connectivity index (χ4v) is 4.99. The summed E-state index contributed by atoms with van der Waals surface area (Å²) in [5.41, 5.74) is -0.834. The summed E-state index contributed by atoms with van der Waals surface area (Å²) in [5, 5.41) is 10.1. The number of urea groups is 1. The molecule has 3 aliphatic rings. The molecule has 2 saturated carbocycles. The number of imide groups is 1. The molecule has 0 bridgehead atoms. The van der Waals surface area contributed by atoms with Gasteiger partial charge >= 0.3 is 6.03 Å². The van der Waals surface area contributed by atoms with Crippen LogP contribution >= 0.6 is 0 Å². The third kappa shape index (κ3) is 3.29. The smallest absolute Gasteiger partial charge is 0.323 e. The Kier molecular flexibility index (Phi) is 5.12. The van der Waals surface area contributed by atoms with Crippen molar-refractivity contribution >= 4 is 23.7 Å². The first-order chi connectivity index (χ1) is 13.5. The predicted molar refractivity (Wildman–Crippen MR) is 104 cm³/mol. The highest BCUT2D eigenvalue weighted by atomic mass is 16.2. The molecule has 8 nitrogen and oxygen atoms in total. The van der Waals surface area contributed by atoms with Crippen molar-refractivity contribution in [3.8, 4) is 0 Å². The Morgan fingerprint density at radius 2 is 1.96 bits per heavy atom. The van der Waals surface area contributed by atoms with Crippen molar-refractivity contribution < 1.29 is 14.4 Å². The number of rotatable bonds is 4. The molecule has 0 radical (unpaired) electrons. The van der Waals surface area contributed by atoms with E-state index in [1.165, 1.54) is 19.3 Å². The Hall–Kier alpha value is -2.38. The van der Waals surface area contributed by atoms with Gasteiger partial charge in [-0.2, -0.15) is 5.10 Å². The van der Waals surface area contributed by atoms with Crippen molar-refractivity contribution in [2.24, 2.45) is 5.92 Å². The summed E-state index contributed by atoms with van der Waals surface area (Å²) in [6.07, 6.45) is 10.9. The third-order valence-electron chi connectivity index (χ3n) is 6.66. The fourth-order valence-electron chi connectivity index (χ4n) is 4.99. The van der Waals surface area contributed by atoms with Crippen molar-refractivity contribution in [1.82, 2.24) is 20.0 Å². The summed E-state index contributed by atoms with van der Waals surface area (Å²) in [4.78, 5) is 39.1. The van der Waals surface area contributed by atoms with Crippen LogP contribution < -0.4 is 10.6 Å². The molecule has 4 rings (SSSR count). The first-order valence-electron chi connectivity index (χ1n) is 10.5. The van der Waals surface area contributed by atoms with E-state index in [-0.39, 0.29) is 24.3 Å². The zero-order valence-electron chi connectivity index (χ0n) is 16.4. The maximum absolute atomic E-state index is 13.0. The molecule has 2 unspecified atom stereocenters. The number of amides is 4. The zero-order valence-corrected chi connectivity index (χ0v) is 16.4. The van der Waals surface area contributed by atoms with Gasteiger partial charge in [0, 0.05) is 6.07 Å². The van der Waals surface area contributed by atoms with E-state index in [0.29, 0.717) is 18.3 Å². The average Bonchev–Trinajstić information content (AvgIpc) is 3.24. The van der Waals surface area contributed by atoms with Crippen LogP contribution in [-0.2, 0) is 9.59 Å². The quantitative estimate of drug-likeness (QED) is 0.777. The number of nitrogens with zero attached hydrogens (tertiary/aromatic N) is 3. The summed E-state index contributed by atoms with van der Waals surface area (Å²) in [6.45, 7) is 1.73. The van der Waals surface area contributed by atoms with Crippen LogP contribution in [0.15, 0.2) is 12.3 Å². The Labute approximate surface area is 165 Å². The van der Waals surface area contributed by atoms with E-state index in [2.05, 4.69) is 15.7 Å². The second-order valence-corrected chi connectivity index (χ2v) is 8.44. The lowest BCUT2D eigenvalue weighted by atomic mass is 9.73. The zero-order chi connectivity index (χ0) is 19.7. The molecule has 4 amide bonds. The van der Waals surface area contributed by atoms with Crippen LogP contribution in [0.3, 0.4) is 0 Å². The molecule has 2 atom stereocenters. The van der Waals surface area contributed by atoms with E-state index in [1.54, 1.807) is 12.3 Å². The molecule has 2 N–H and O–H groups in total. The number of carbonyl (C=O) groups excluding carboxylic acids is 3. The SMILES string of the molecule is CC1CCCCC12NC(=O)N(CC(=O)Nc1ccnn1C1CCCCC1)C2=O. The van der Waals surface area contributed by atoms with Gasteiger partial charge in [-0.05, 0) is 31.6 Å². The second kappa shape index (κ2) is 7.56. The van der Waals surface area contributed by atoms with Crippen molar-refractivity contribution in [2.75, 3.05) is 11.9 Å². The fraction of sp³-hybridized carbons (Fsp3) is 0.700. The standard InChI is InChI=1S/C20H29N5O3/c1-14-7-5-6-11-20(14)18(27)24(19(28)23-20)13-17(26)22-16-10-12-21-25(16)15-8-3-2-4-9-15/h10,12,14-15H,2-9,11,13H2,1H3,(H,22,26)(H,23,28). The molecule has 1 spiro atoms.